The minimum absolute atomic E-state index is 0.123. The number of amides is 2. The van der Waals surface area contributed by atoms with Gasteiger partial charge in [0.1, 0.15) is 5.25 Å². The molecule has 0 unspecified atom stereocenters. The molecule has 132 valence electrons. The molecule has 25 heavy (non-hydrogen) atoms. The van der Waals surface area contributed by atoms with Gasteiger partial charge in [-0.05, 0) is 42.5 Å². The Labute approximate surface area is 160 Å². The van der Waals surface area contributed by atoms with E-state index in [-0.39, 0.29) is 24.0 Å². The van der Waals surface area contributed by atoms with E-state index >= 15 is 0 Å². The van der Waals surface area contributed by atoms with Crippen LogP contribution in [0.1, 0.15) is 0 Å². The summed E-state index contributed by atoms with van der Waals surface area (Å²) in [5, 5.41) is 3.21. The van der Waals surface area contributed by atoms with Crippen molar-refractivity contribution in [3.05, 3.63) is 57.5 Å². The molecule has 0 bridgehead atoms. The molecule has 1 aliphatic heterocycles. The molecular formula is C16H13Cl3N2O3S. The Morgan fingerprint density at radius 3 is 2.24 bits per heavy atom. The second kappa shape index (κ2) is 7.03. The Morgan fingerprint density at radius 1 is 1.00 bits per heavy atom. The number of urea groups is 1. The fourth-order valence-electron chi connectivity index (χ4n) is 2.39. The van der Waals surface area contributed by atoms with Crippen LogP contribution in [0.15, 0.2) is 47.4 Å². The molecule has 0 spiro atoms. The van der Waals surface area contributed by atoms with Crippen LogP contribution in [0.2, 0.25) is 15.1 Å². The molecule has 2 aromatic carbocycles. The van der Waals surface area contributed by atoms with Crippen LogP contribution in [0.5, 0.6) is 0 Å². The predicted octanol–water partition coefficient (Wildman–Crippen LogP) is 4.34. The number of nitrogens with one attached hydrogen (secondary N) is 1. The maximum atomic E-state index is 12.5. The highest BCUT2D eigenvalue weighted by molar-refractivity contribution is 7.92. The first-order valence-corrected chi connectivity index (χ1v) is 9.96. The lowest BCUT2D eigenvalue weighted by Gasteiger charge is -2.38. The van der Waals surface area contributed by atoms with E-state index in [1.807, 2.05) is 0 Å². The van der Waals surface area contributed by atoms with Gasteiger partial charge in [0, 0.05) is 23.8 Å². The van der Waals surface area contributed by atoms with Crippen molar-refractivity contribution in [2.45, 2.75) is 10.1 Å². The van der Waals surface area contributed by atoms with Crippen molar-refractivity contribution < 1.29 is 13.2 Å². The van der Waals surface area contributed by atoms with Crippen LogP contribution in [-0.2, 0) is 9.84 Å². The number of hydrogen-bond donors (Lipinski definition) is 1. The van der Waals surface area contributed by atoms with Gasteiger partial charge in [0.15, 0.2) is 9.84 Å². The molecular weight excluding hydrogens is 407 g/mol. The SMILES string of the molecule is O=C(Nc1ccc(Cl)c(Cl)c1)N1CC(S(=O)(=O)c2ccc(Cl)cc2)C1. The van der Waals surface area contributed by atoms with E-state index < -0.39 is 15.1 Å². The van der Waals surface area contributed by atoms with Gasteiger partial charge in [-0.2, -0.15) is 0 Å². The van der Waals surface area contributed by atoms with Gasteiger partial charge in [0.05, 0.1) is 14.9 Å². The summed E-state index contributed by atoms with van der Waals surface area (Å²) in [4.78, 5) is 13.8. The number of halogens is 3. The number of anilines is 1. The smallest absolute Gasteiger partial charge is 0.321 e. The molecule has 0 radical (unpaired) electrons. The Kier molecular flexibility index (Phi) is 5.16. The molecule has 9 heteroatoms. The van der Waals surface area contributed by atoms with Gasteiger partial charge < -0.3 is 10.2 Å². The number of carbonyl (C=O) groups excluding carboxylic acids is 1. The lowest BCUT2D eigenvalue weighted by Crippen LogP contribution is -2.58. The predicted molar refractivity (Wildman–Crippen MR) is 99.5 cm³/mol. The van der Waals surface area contributed by atoms with E-state index in [0.717, 1.165) is 0 Å². The van der Waals surface area contributed by atoms with E-state index in [9.17, 15) is 13.2 Å². The zero-order valence-electron chi connectivity index (χ0n) is 12.7. The highest BCUT2D eigenvalue weighted by Crippen LogP contribution is 2.27. The Morgan fingerprint density at radius 2 is 1.64 bits per heavy atom. The molecule has 1 fully saturated rings. The van der Waals surface area contributed by atoms with Gasteiger partial charge in [0.2, 0.25) is 0 Å². The van der Waals surface area contributed by atoms with Crippen LogP contribution in [0.4, 0.5) is 10.5 Å². The summed E-state index contributed by atoms with van der Waals surface area (Å²) in [6, 6.07) is 10.3. The number of rotatable bonds is 3. The fraction of sp³-hybridized carbons (Fsp3) is 0.188. The topological polar surface area (TPSA) is 66.5 Å². The molecule has 3 rings (SSSR count). The summed E-state index contributed by atoms with van der Waals surface area (Å²) in [6.45, 7) is 0.246. The van der Waals surface area contributed by atoms with Gasteiger partial charge >= 0.3 is 6.03 Å². The average Bonchev–Trinajstić information content (AvgIpc) is 2.49. The van der Waals surface area contributed by atoms with E-state index in [0.29, 0.717) is 20.8 Å². The summed E-state index contributed by atoms with van der Waals surface area (Å²) in [6.07, 6.45) is 0. The third-order valence-electron chi connectivity index (χ3n) is 3.89. The number of nitrogens with zero attached hydrogens (tertiary/aromatic N) is 1. The second-order valence-electron chi connectivity index (χ2n) is 5.58. The Hall–Kier alpha value is -1.47. The van der Waals surface area contributed by atoms with E-state index in [1.165, 1.54) is 35.2 Å². The number of benzene rings is 2. The van der Waals surface area contributed by atoms with Gasteiger partial charge in [-0.1, -0.05) is 34.8 Å². The van der Waals surface area contributed by atoms with Crippen LogP contribution < -0.4 is 5.32 Å². The highest BCUT2D eigenvalue weighted by atomic mass is 35.5. The maximum absolute atomic E-state index is 12.5. The quantitative estimate of drug-likeness (QED) is 0.805. The Bertz CT molecular complexity index is 911. The van der Waals surface area contributed by atoms with Gasteiger partial charge in [-0.3, -0.25) is 0 Å². The van der Waals surface area contributed by atoms with E-state index in [4.69, 9.17) is 34.8 Å². The van der Waals surface area contributed by atoms with Crippen LogP contribution in [0.25, 0.3) is 0 Å². The van der Waals surface area contributed by atoms with Crippen molar-refractivity contribution in [2.75, 3.05) is 18.4 Å². The van der Waals surface area contributed by atoms with Crippen molar-refractivity contribution in [3.63, 3.8) is 0 Å². The van der Waals surface area contributed by atoms with Gasteiger partial charge in [0.25, 0.3) is 0 Å². The zero-order valence-corrected chi connectivity index (χ0v) is 15.8. The van der Waals surface area contributed by atoms with Crippen LogP contribution >= 0.6 is 34.8 Å². The second-order valence-corrected chi connectivity index (χ2v) is 9.06. The van der Waals surface area contributed by atoms with Crippen LogP contribution in [0.3, 0.4) is 0 Å². The third kappa shape index (κ3) is 3.87. The summed E-state index contributed by atoms with van der Waals surface area (Å²) in [5.41, 5.74) is 0.489. The molecule has 1 aliphatic rings. The molecule has 0 atom stereocenters. The minimum Gasteiger partial charge on any atom is -0.322 e. The molecule has 0 aliphatic carbocycles. The highest BCUT2D eigenvalue weighted by Gasteiger charge is 2.40. The normalized spacial score (nSPS) is 14.9. The zero-order chi connectivity index (χ0) is 18.2. The maximum Gasteiger partial charge on any atom is 0.321 e. The van der Waals surface area contributed by atoms with Crippen molar-refractivity contribution in [3.8, 4) is 0 Å². The fourth-order valence-corrected chi connectivity index (χ4v) is 4.47. The van der Waals surface area contributed by atoms with Crippen molar-refractivity contribution in [1.29, 1.82) is 0 Å². The first kappa shape index (κ1) is 18.3. The molecule has 1 heterocycles. The first-order valence-electron chi connectivity index (χ1n) is 7.28. The summed E-state index contributed by atoms with van der Waals surface area (Å²) >= 11 is 17.5. The molecule has 0 saturated carbocycles. The van der Waals surface area contributed by atoms with E-state index in [2.05, 4.69) is 5.32 Å². The number of likely N-dealkylation sites (tertiary alicyclic amines) is 1. The molecule has 1 N–H and O–H groups in total. The van der Waals surface area contributed by atoms with Crippen LogP contribution in [-0.4, -0.2) is 37.7 Å². The van der Waals surface area contributed by atoms with Crippen molar-refractivity contribution >= 4 is 56.4 Å². The monoisotopic (exact) mass is 418 g/mol. The lowest BCUT2D eigenvalue weighted by atomic mass is 10.2. The van der Waals surface area contributed by atoms with Crippen molar-refractivity contribution in [1.82, 2.24) is 4.90 Å². The van der Waals surface area contributed by atoms with Gasteiger partial charge in [-0.25, -0.2) is 13.2 Å². The van der Waals surface area contributed by atoms with Crippen molar-refractivity contribution in [2.24, 2.45) is 0 Å². The number of sulfone groups is 1. The number of carbonyl (C=O) groups is 1. The molecule has 2 aromatic rings. The lowest BCUT2D eigenvalue weighted by molar-refractivity contribution is 0.182. The average molecular weight is 420 g/mol. The standard InChI is InChI=1S/C16H13Cl3N2O3S/c17-10-1-4-12(5-2-10)25(23,24)13-8-21(9-13)16(22)20-11-3-6-14(18)15(19)7-11/h1-7,13H,8-9H2,(H,20,22). The number of hydrogen-bond acceptors (Lipinski definition) is 3. The largest absolute Gasteiger partial charge is 0.322 e. The Balaban J connectivity index is 1.62. The minimum atomic E-state index is -3.49. The summed E-state index contributed by atoms with van der Waals surface area (Å²) < 4.78 is 25.0. The summed E-state index contributed by atoms with van der Waals surface area (Å²) in [5.74, 6) is 0. The molecule has 1 saturated heterocycles. The van der Waals surface area contributed by atoms with Gasteiger partial charge in [-0.15, -0.1) is 0 Å². The van der Waals surface area contributed by atoms with Crippen LogP contribution in [0, 0.1) is 0 Å². The third-order valence-corrected chi connectivity index (χ3v) is 6.98. The van der Waals surface area contributed by atoms with E-state index in [1.54, 1.807) is 12.1 Å². The molecule has 0 aromatic heterocycles. The first-order chi connectivity index (χ1) is 11.8. The summed E-state index contributed by atoms with van der Waals surface area (Å²) in [7, 11) is -3.49. The molecule has 5 nitrogen and oxygen atoms in total. The molecule has 2 amide bonds.